The Kier molecular flexibility index (Phi) is 4.02. The van der Waals surface area contributed by atoms with Crippen molar-refractivity contribution in [1.29, 1.82) is 0 Å². The van der Waals surface area contributed by atoms with Crippen molar-refractivity contribution in [2.24, 2.45) is 0 Å². The minimum absolute atomic E-state index is 0.0488. The number of alkyl halides is 3. The van der Waals surface area contributed by atoms with Crippen LogP contribution in [0.5, 0.6) is 0 Å². The van der Waals surface area contributed by atoms with E-state index in [0.29, 0.717) is 15.9 Å². The highest BCUT2D eigenvalue weighted by molar-refractivity contribution is 5.98. The number of halogens is 3. The third-order valence-corrected chi connectivity index (χ3v) is 3.24. The van der Waals surface area contributed by atoms with Crippen molar-refractivity contribution in [2.45, 2.75) is 32.2 Å². The second-order valence-electron chi connectivity index (χ2n) is 5.90. The van der Waals surface area contributed by atoms with Crippen molar-refractivity contribution in [1.82, 2.24) is 9.55 Å². The Morgan fingerprint density at radius 1 is 1.39 bits per heavy atom. The molecule has 0 unspecified atom stereocenters. The quantitative estimate of drug-likeness (QED) is 0.900. The lowest BCUT2D eigenvalue weighted by Gasteiger charge is -2.20. The maximum atomic E-state index is 12.5. The first-order valence-electron chi connectivity index (χ1n) is 6.73. The zero-order valence-corrected chi connectivity index (χ0v) is 12.8. The van der Waals surface area contributed by atoms with Gasteiger partial charge >= 0.3 is 12.1 Å². The highest BCUT2D eigenvalue weighted by Crippen LogP contribution is 2.27. The van der Waals surface area contributed by atoms with Gasteiger partial charge in [-0.05, 0) is 32.0 Å². The zero-order chi connectivity index (χ0) is 17.6. The first kappa shape index (κ1) is 17.1. The number of fused-ring (bicyclic) bond motifs is 1. The van der Waals surface area contributed by atoms with Gasteiger partial charge in [0.1, 0.15) is 0 Å². The number of imidazole rings is 1. The average molecular weight is 330 g/mol. The number of carbonyl (C=O) groups excluding carboxylic acids is 1. The Hall–Kier alpha value is -2.29. The van der Waals surface area contributed by atoms with Crippen molar-refractivity contribution in [3.05, 3.63) is 18.2 Å². The molecule has 0 bridgehead atoms. The highest BCUT2D eigenvalue weighted by atomic mass is 19.4. The number of nitrogens with zero attached hydrogens (tertiary/aromatic N) is 3. The summed E-state index contributed by atoms with van der Waals surface area (Å²) in [7, 11) is 1.04. The SMILES string of the molecule is CN(C(=O)C(F)(F)F)c1ccc2c(c1)nc(N)n2CC(C)(C)O. The van der Waals surface area contributed by atoms with Crippen LogP contribution in [0.2, 0.25) is 0 Å². The summed E-state index contributed by atoms with van der Waals surface area (Å²) in [5.41, 5.74) is 5.70. The van der Waals surface area contributed by atoms with E-state index in [2.05, 4.69) is 4.98 Å². The molecule has 9 heteroatoms. The third-order valence-electron chi connectivity index (χ3n) is 3.24. The predicted molar refractivity (Wildman–Crippen MR) is 79.9 cm³/mol. The number of nitrogen functional groups attached to an aromatic ring is 1. The smallest absolute Gasteiger partial charge is 0.389 e. The van der Waals surface area contributed by atoms with Crippen molar-refractivity contribution in [3.8, 4) is 0 Å². The Morgan fingerprint density at radius 2 is 2.00 bits per heavy atom. The minimum atomic E-state index is -4.96. The van der Waals surface area contributed by atoms with Crippen molar-refractivity contribution in [3.63, 3.8) is 0 Å². The van der Waals surface area contributed by atoms with E-state index in [1.165, 1.54) is 18.2 Å². The van der Waals surface area contributed by atoms with E-state index in [0.717, 1.165) is 7.05 Å². The van der Waals surface area contributed by atoms with E-state index in [4.69, 9.17) is 5.73 Å². The zero-order valence-electron chi connectivity index (χ0n) is 12.8. The first-order valence-corrected chi connectivity index (χ1v) is 6.73. The van der Waals surface area contributed by atoms with E-state index < -0.39 is 17.7 Å². The molecule has 0 atom stereocenters. The van der Waals surface area contributed by atoms with E-state index >= 15 is 0 Å². The van der Waals surface area contributed by atoms with Crippen molar-refractivity contribution < 1.29 is 23.1 Å². The van der Waals surface area contributed by atoms with Crippen LogP contribution in [0.15, 0.2) is 18.2 Å². The first-order chi connectivity index (χ1) is 10.4. The number of rotatable bonds is 3. The monoisotopic (exact) mass is 330 g/mol. The molecule has 1 aromatic heterocycles. The van der Waals surface area contributed by atoms with E-state index in [1.807, 2.05) is 0 Å². The van der Waals surface area contributed by atoms with Crippen LogP contribution in [0.1, 0.15) is 13.8 Å². The Bertz CT molecular complexity index is 747. The fourth-order valence-corrected chi connectivity index (χ4v) is 2.21. The molecule has 0 fully saturated rings. The molecule has 0 spiro atoms. The van der Waals surface area contributed by atoms with E-state index in [-0.39, 0.29) is 18.2 Å². The van der Waals surface area contributed by atoms with Gasteiger partial charge < -0.3 is 20.3 Å². The van der Waals surface area contributed by atoms with E-state index in [1.54, 1.807) is 18.4 Å². The molecule has 0 saturated heterocycles. The molecule has 3 N–H and O–H groups in total. The van der Waals surface area contributed by atoms with Crippen LogP contribution in [0.4, 0.5) is 24.8 Å². The number of aliphatic hydroxyl groups is 1. The predicted octanol–water partition coefficient (Wildman–Crippen LogP) is 1.91. The van der Waals surface area contributed by atoms with Gasteiger partial charge in [0.05, 0.1) is 23.2 Å². The topological polar surface area (TPSA) is 84.4 Å². The summed E-state index contributed by atoms with van der Waals surface area (Å²) in [6.45, 7) is 3.37. The molecule has 2 rings (SSSR count). The van der Waals surface area contributed by atoms with Gasteiger partial charge in [-0.15, -0.1) is 0 Å². The molecule has 0 saturated carbocycles. The van der Waals surface area contributed by atoms with E-state index in [9.17, 15) is 23.1 Å². The highest BCUT2D eigenvalue weighted by Gasteiger charge is 2.41. The summed E-state index contributed by atoms with van der Waals surface area (Å²) in [5.74, 6) is -1.84. The molecule has 126 valence electrons. The van der Waals surface area contributed by atoms with Gasteiger partial charge in [0.2, 0.25) is 5.95 Å². The maximum Gasteiger partial charge on any atom is 0.471 e. The number of aromatic nitrogens is 2. The molecule has 23 heavy (non-hydrogen) atoms. The summed E-state index contributed by atoms with van der Waals surface area (Å²) >= 11 is 0. The lowest BCUT2D eigenvalue weighted by atomic mass is 10.1. The lowest BCUT2D eigenvalue weighted by Crippen LogP contribution is -2.38. The number of carbonyl (C=O) groups is 1. The van der Waals surface area contributed by atoms with Crippen LogP contribution in [-0.2, 0) is 11.3 Å². The van der Waals surface area contributed by atoms with Crippen LogP contribution in [0.25, 0.3) is 11.0 Å². The van der Waals surface area contributed by atoms with Gasteiger partial charge in [0.25, 0.3) is 0 Å². The number of hydrogen-bond acceptors (Lipinski definition) is 4. The van der Waals surface area contributed by atoms with Gasteiger partial charge in [-0.25, -0.2) is 4.98 Å². The number of nitrogens with two attached hydrogens (primary N) is 1. The number of benzene rings is 1. The summed E-state index contributed by atoms with van der Waals surface area (Å²) in [6, 6.07) is 4.23. The van der Waals surface area contributed by atoms with Crippen molar-refractivity contribution in [2.75, 3.05) is 17.7 Å². The fourth-order valence-electron chi connectivity index (χ4n) is 2.21. The summed E-state index contributed by atoms with van der Waals surface area (Å²) in [6.07, 6.45) is -4.96. The second kappa shape index (κ2) is 5.41. The molecular weight excluding hydrogens is 313 g/mol. The molecule has 1 heterocycles. The standard InChI is InChI=1S/C14H17F3N4O2/c1-13(2,23)7-21-10-5-4-8(6-9(10)19-12(21)18)20(3)11(22)14(15,16)17/h4-6,23H,7H2,1-3H3,(H2,18,19). The number of anilines is 2. The Labute approximate surface area is 130 Å². The summed E-state index contributed by atoms with van der Waals surface area (Å²) < 4.78 is 39.0. The normalized spacial score (nSPS) is 12.7. The molecule has 0 radical (unpaired) electrons. The largest absolute Gasteiger partial charge is 0.471 e. The summed E-state index contributed by atoms with van der Waals surface area (Å²) in [5, 5.41) is 9.90. The molecule has 0 aliphatic rings. The minimum Gasteiger partial charge on any atom is -0.389 e. The molecular formula is C14H17F3N4O2. The van der Waals surface area contributed by atoms with Crippen LogP contribution in [0, 0.1) is 0 Å². The lowest BCUT2D eigenvalue weighted by molar-refractivity contribution is -0.170. The van der Waals surface area contributed by atoms with Crippen molar-refractivity contribution >= 4 is 28.6 Å². The average Bonchev–Trinajstić information content (AvgIpc) is 2.70. The van der Waals surface area contributed by atoms with Crippen LogP contribution in [-0.4, -0.2) is 39.4 Å². The summed E-state index contributed by atoms with van der Waals surface area (Å²) in [4.78, 5) is 15.9. The molecule has 2 aromatic rings. The number of hydrogen-bond donors (Lipinski definition) is 2. The fraction of sp³-hybridized carbons (Fsp3) is 0.429. The molecule has 6 nitrogen and oxygen atoms in total. The molecule has 0 aliphatic carbocycles. The van der Waals surface area contributed by atoms with Gasteiger partial charge in [-0.2, -0.15) is 13.2 Å². The number of amides is 1. The maximum absolute atomic E-state index is 12.5. The van der Waals surface area contributed by atoms with Gasteiger partial charge in [0, 0.05) is 12.7 Å². The second-order valence-corrected chi connectivity index (χ2v) is 5.90. The van der Waals surface area contributed by atoms with Gasteiger partial charge in [-0.3, -0.25) is 4.79 Å². The molecule has 1 aromatic carbocycles. The Morgan fingerprint density at radius 3 is 2.52 bits per heavy atom. The van der Waals surface area contributed by atoms with Crippen LogP contribution >= 0.6 is 0 Å². The molecule has 1 amide bonds. The van der Waals surface area contributed by atoms with Gasteiger partial charge in [0.15, 0.2) is 0 Å². The third kappa shape index (κ3) is 3.55. The van der Waals surface area contributed by atoms with Crippen LogP contribution in [0.3, 0.4) is 0 Å². The molecule has 0 aliphatic heterocycles. The Balaban J connectivity index is 2.43. The van der Waals surface area contributed by atoms with Gasteiger partial charge in [-0.1, -0.05) is 0 Å². The van der Waals surface area contributed by atoms with Crippen LogP contribution < -0.4 is 10.6 Å².